The van der Waals surface area contributed by atoms with E-state index in [0.717, 1.165) is 37.7 Å². The zero-order valence-electron chi connectivity index (χ0n) is 19.3. The first-order chi connectivity index (χ1) is 13.2. The molecule has 0 saturated carbocycles. The molecule has 1 aromatic rings. The summed E-state index contributed by atoms with van der Waals surface area (Å²) in [5, 5.41) is 0. The predicted molar refractivity (Wildman–Crippen MR) is 116 cm³/mol. The molecule has 0 heterocycles. The van der Waals surface area contributed by atoms with Gasteiger partial charge in [-0.3, -0.25) is 0 Å². The molecule has 162 valence electrons. The molecule has 0 amide bonds. The normalized spacial score (nSPS) is 11.9. The van der Waals surface area contributed by atoms with E-state index in [1.165, 1.54) is 64.4 Å². The Morgan fingerprint density at radius 2 is 1.38 bits per heavy atom. The van der Waals surface area contributed by atoms with Crippen LogP contribution in [-0.2, 0) is 23.0 Å². The van der Waals surface area contributed by atoms with E-state index >= 15 is 0 Å². The molecule has 0 N–H and O–H groups in total. The predicted octanol–water partition coefficient (Wildman–Crippen LogP) is 3.38. The van der Waals surface area contributed by atoms with Gasteiger partial charge in [-0.15, -0.1) is 0 Å². The van der Waals surface area contributed by atoms with Gasteiger partial charge < -0.3 is 9.29 Å². The minimum absolute atomic E-state index is 0. The van der Waals surface area contributed by atoms with E-state index in [-0.39, 0.29) is 29.6 Å². The van der Waals surface area contributed by atoms with Crippen molar-refractivity contribution in [2.45, 2.75) is 110 Å². The van der Waals surface area contributed by atoms with Crippen LogP contribution in [0.15, 0.2) is 18.2 Å². The van der Waals surface area contributed by atoms with E-state index in [4.69, 9.17) is 4.74 Å². The third-order valence-corrected chi connectivity index (χ3v) is 6.56. The van der Waals surface area contributed by atoms with Crippen molar-refractivity contribution in [2.75, 3.05) is 0 Å². The average molecular weight is 435 g/mol. The van der Waals surface area contributed by atoms with E-state index in [9.17, 15) is 13.0 Å². The molecule has 29 heavy (non-hydrogen) atoms. The molecule has 0 saturated heterocycles. The summed E-state index contributed by atoms with van der Waals surface area (Å²) in [6, 6.07) is 5.83. The van der Waals surface area contributed by atoms with E-state index in [0.29, 0.717) is 5.75 Å². The summed E-state index contributed by atoms with van der Waals surface area (Å²) in [7, 11) is -4.56. The molecule has 0 atom stereocenters. The summed E-state index contributed by atoms with van der Waals surface area (Å²) < 4.78 is 40.5. The molecule has 0 aliphatic heterocycles. The molecule has 0 aromatic heterocycles. The first kappa shape index (κ1) is 28.9. The summed E-state index contributed by atoms with van der Waals surface area (Å²) in [6.45, 7) is 7.07. The molecule has 4 nitrogen and oxygen atoms in total. The Morgan fingerprint density at radius 3 is 1.90 bits per heavy atom. The molecular weight excluding hydrogens is 395 g/mol. The second-order valence-electron chi connectivity index (χ2n) is 8.18. The number of hydrogen-bond donors (Lipinski definition) is 0. The maximum Gasteiger partial charge on any atom is 1.00 e. The van der Waals surface area contributed by atoms with Crippen molar-refractivity contribution in [1.82, 2.24) is 0 Å². The van der Waals surface area contributed by atoms with Crippen molar-refractivity contribution < 1.29 is 47.3 Å². The molecule has 0 radical (unpaired) electrons. The number of rotatable bonds is 15. The minimum Gasteiger partial charge on any atom is -0.745 e. The quantitative estimate of drug-likeness (QED) is 0.241. The van der Waals surface area contributed by atoms with Gasteiger partial charge in [-0.2, -0.15) is 0 Å². The van der Waals surface area contributed by atoms with Crippen LogP contribution in [0.4, 0.5) is 0 Å². The second kappa shape index (κ2) is 14.9. The van der Waals surface area contributed by atoms with E-state index in [1.807, 2.05) is 6.07 Å². The van der Waals surface area contributed by atoms with Crippen LogP contribution in [0.3, 0.4) is 0 Å². The average Bonchev–Trinajstić information content (AvgIpc) is 2.61. The van der Waals surface area contributed by atoms with Gasteiger partial charge >= 0.3 is 29.6 Å². The van der Waals surface area contributed by atoms with E-state index < -0.39 is 15.1 Å². The Labute approximate surface area is 201 Å². The molecule has 0 spiro atoms. The van der Waals surface area contributed by atoms with Crippen LogP contribution in [0, 0.1) is 0 Å². The summed E-state index contributed by atoms with van der Waals surface area (Å²) in [5.41, 5.74) is 2.30. The molecular formula is C23H39NaO4S. The van der Waals surface area contributed by atoms with Gasteiger partial charge in [0.2, 0.25) is 0 Å². The van der Waals surface area contributed by atoms with Crippen molar-refractivity contribution in [2.24, 2.45) is 0 Å². The zero-order chi connectivity index (χ0) is 21.0. The standard InChI is InChI=1S/C23H40O4S.Na/c1-5-7-9-11-13-16-20-17-15-19-22(27-23(3,4)28(24,25)26)21(20)18-14-12-10-8-6-2;/h15,17,19H,5-14,16,18H2,1-4H3,(H,24,25,26);/q;+1/p-1. The molecule has 0 aliphatic carbocycles. The van der Waals surface area contributed by atoms with Crippen LogP contribution >= 0.6 is 0 Å². The maximum atomic E-state index is 11.6. The minimum atomic E-state index is -4.56. The van der Waals surface area contributed by atoms with Gasteiger partial charge in [0, 0.05) is 0 Å². The fourth-order valence-corrected chi connectivity index (χ4v) is 3.56. The fraction of sp³-hybridized carbons (Fsp3) is 0.739. The largest absolute Gasteiger partial charge is 1.00 e. The Balaban J connectivity index is 0.00000784. The summed E-state index contributed by atoms with van der Waals surface area (Å²) >= 11 is 0. The summed E-state index contributed by atoms with van der Waals surface area (Å²) in [6.07, 6.45) is 13.8. The SMILES string of the molecule is CCCCCCCc1cccc(OC(C)(C)S(=O)(=O)[O-])c1CCCCCCC.[Na+]. The van der Waals surface area contributed by atoms with Crippen LogP contribution in [0.25, 0.3) is 0 Å². The number of benzene rings is 1. The van der Waals surface area contributed by atoms with Crippen LogP contribution < -0.4 is 34.3 Å². The van der Waals surface area contributed by atoms with Crippen molar-refractivity contribution in [3.8, 4) is 5.75 Å². The van der Waals surface area contributed by atoms with Gasteiger partial charge in [0.25, 0.3) is 0 Å². The third-order valence-electron chi connectivity index (χ3n) is 5.27. The summed E-state index contributed by atoms with van der Waals surface area (Å²) in [4.78, 5) is -1.77. The fourth-order valence-electron chi connectivity index (χ4n) is 3.36. The van der Waals surface area contributed by atoms with Crippen LogP contribution in [-0.4, -0.2) is 17.9 Å². The zero-order valence-corrected chi connectivity index (χ0v) is 22.1. The van der Waals surface area contributed by atoms with E-state index in [1.54, 1.807) is 6.07 Å². The Kier molecular flexibility index (Phi) is 14.8. The smallest absolute Gasteiger partial charge is 0.745 e. The first-order valence-electron chi connectivity index (χ1n) is 11.0. The second-order valence-corrected chi connectivity index (χ2v) is 10.1. The third kappa shape index (κ3) is 10.7. The number of aryl methyl sites for hydroxylation is 1. The summed E-state index contributed by atoms with van der Waals surface area (Å²) in [5.74, 6) is 0.547. The number of unbranched alkanes of at least 4 members (excludes halogenated alkanes) is 8. The van der Waals surface area contributed by atoms with Crippen LogP contribution in [0.2, 0.25) is 0 Å². The first-order valence-corrected chi connectivity index (χ1v) is 12.4. The van der Waals surface area contributed by atoms with Crippen LogP contribution in [0.5, 0.6) is 5.75 Å². The topological polar surface area (TPSA) is 66.4 Å². The number of ether oxygens (including phenoxy) is 1. The van der Waals surface area contributed by atoms with Crippen molar-refractivity contribution in [3.05, 3.63) is 29.3 Å². The van der Waals surface area contributed by atoms with Gasteiger partial charge in [-0.1, -0.05) is 77.3 Å². The Hall–Kier alpha value is -0.0700. The molecule has 0 bridgehead atoms. The van der Waals surface area contributed by atoms with Gasteiger partial charge in [0.15, 0.2) is 4.93 Å². The Bertz CT molecular complexity index is 671. The Morgan fingerprint density at radius 1 is 0.862 bits per heavy atom. The van der Waals surface area contributed by atoms with Gasteiger partial charge in [0.05, 0.1) is 0 Å². The van der Waals surface area contributed by atoms with Crippen molar-refractivity contribution in [3.63, 3.8) is 0 Å². The molecule has 0 aliphatic rings. The monoisotopic (exact) mass is 434 g/mol. The van der Waals surface area contributed by atoms with E-state index in [2.05, 4.69) is 19.9 Å². The van der Waals surface area contributed by atoms with Gasteiger partial charge in [-0.25, -0.2) is 8.42 Å². The van der Waals surface area contributed by atoms with Crippen molar-refractivity contribution >= 4 is 10.1 Å². The van der Waals surface area contributed by atoms with Gasteiger partial charge in [-0.05, 0) is 56.7 Å². The molecule has 0 fully saturated rings. The molecule has 0 unspecified atom stereocenters. The molecule has 1 rings (SSSR count). The van der Waals surface area contributed by atoms with Crippen LogP contribution in [0.1, 0.15) is 103 Å². The number of hydrogen-bond acceptors (Lipinski definition) is 4. The molecule has 6 heteroatoms. The van der Waals surface area contributed by atoms with Crippen molar-refractivity contribution in [1.29, 1.82) is 0 Å². The van der Waals surface area contributed by atoms with Gasteiger partial charge in [0.1, 0.15) is 15.9 Å². The molecule has 1 aromatic carbocycles. The maximum absolute atomic E-state index is 11.6.